The zero-order chi connectivity index (χ0) is 25.1. The number of nitro groups is 1. The predicted octanol–water partition coefficient (Wildman–Crippen LogP) is 3.11. The van der Waals surface area contributed by atoms with Crippen LogP contribution in [-0.4, -0.2) is 28.7 Å². The molecule has 0 saturated carbocycles. The Bertz CT molecular complexity index is 1500. The number of carbonyl (C=O) groups excluding carboxylic acids is 1. The minimum Gasteiger partial charge on any atom is -0.494 e. The number of fused-ring (bicyclic) bond motifs is 1. The highest BCUT2D eigenvalue weighted by molar-refractivity contribution is 7.07. The van der Waals surface area contributed by atoms with E-state index in [9.17, 15) is 19.7 Å². The molecule has 9 nitrogen and oxygen atoms in total. The standard InChI is InChI=1S/C25H23N3O6S/c1-4-33-19-11-9-17(10-12-19)22-21(24(30)34-5-2)15(3)26-25-27(22)23(29)20(35-25)14-16-7-6-8-18(13-16)28(31)32/h6-14,22H,4-5H2,1-3H3/b20-14-. The van der Waals surface area contributed by atoms with Gasteiger partial charge in [-0.2, -0.15) is 0 Å². The van der Waals surface area contributed by atoms with Crippen LogP contribution >= 0.6 is 11.3 Å². The number of esters is 1. The van der Waals surface area contributed by atoms with Crippen molar-refractivity contribution in [3.63, 3.8) is 0 Å². The molecule has 2 aromatic carbocycles. The molecule has 0 fully saturated rings. The van der Waals surface area contributed by atoms with Gasteiger partial charge in [0.2, 0.25) is 0 Å². The molecule has 0 bridgehead atoms. The van der Waals surface area contributed by atoms with Crippen molar-refractivity contribution in [3.05, 3.63) is 101 Å². The fourth-order valence-corrected chi connectivity index (χ4v) is 4.95. The molecular weight excluding hydrogens is 470 g/mol. The second-order valence-corrected chi connectivity index (χ2v) is 8.67. The lowest BCUT2D eigenvalue weighted by Crippen LogP contribution is -2.39. The average molecular weight is 494 g/mol. The first-order valence-corrected chi connectivity index (χ1v) is 11.8. The van der Waals surface area contributed by atoms with Crippen LogP contribution in [0.4, 0.5) is 5.69 Å². The van der Waals surface area contributed by atoms with E-state index in [-0.39, 0.29) is 23.4 Å². The number of hydrogen-bond acceptors (Lipinski definition) is 8. The Balaban J connectivity index is 1.91. The van der Waals surface area contributed by atoms with Gasteiger partial charge in [-0.15, -0.1) is 0 Å². The number of thiazole rings is 1. The number of aromatic nitrogens is 1. The van der Waals surface area contributed by atoms with Crippen LogP contribution in [0.5, 0.6) is 5.75 Å². The molecule has 1 aliphatic heterocycles. The Labute approximate surface area is 204 Å². The van der Waals surface area contributed by atoms with Gasteiger partial charge >= 0.3 is 5.97 Å². The summed E-state index contributed by atoms with van der Waals surface area (Å²) in [6.07, 6.45) is 1.59. The summed E-state index contributed by atoms with van der Waals surface area (Å²) in [7, 11) is 0. The lowest BCUT2D eigenvalue weighted by molar-refractivity contribution is -0.384. The van der Waals surface area contributed by atoms with Crippen molar-refractivity contribution in [1.82, 2.24) is 4.57 Å². The molecule has 180 valence electrons. The molecule has 35 heavy (non-hydrogen) atoms. The molecule has 0 amide bonds. The number of benzene rings is 2. The maximum absolute atomic E-state index is 13.6. The van der Waals surface area contributed by atoms with Crippen molar-refractivity contribution in [1.29, 1.82) is 0 Å². The Morgan fingerprint density at radius 2 is 1.94 bits per heavy atom. The van der Waals surface area contributed by atoms with E-state index in [2.05, 4.69) is 4.99 Å². The molecule has 3 aromatic rings. The third-order valence-electron chi connectivity index (χ3n) is 5.40. The molecule has 0 N–H and O–H groups in total. The number of nitrogens with zero attached hydrogens (tertiary/aromatic N) is 3. The van der Waals surface area contributed by atoms with Crippen molar-refractivity contribution in [2.75, 3.05) is 13.2 Å². The van der Waals surface area contributed by atoms with Crippen LogP contribution in [0, 0.1) is 10.1 Å². The fourth-order valence-electron chi connectivity index (χ4n) is 3.90. The van der Waals surface area contributed by atoms with E-state index < -0.39 is 16.9 Å². The molecular formula is C25H23N3O6S. The molecule has 1 aromatic heterocycles. The van der Waals surface area contributed by atoms with E-state index in [1.54, 1.807) is 44.2 Å². The van der Waals surface area contributed by atoms with Gasteiger partial charge in [-0.05, 0) is 50.1 Å². The molecule has 1 atom stereocenters. The first-order valence-electron chi connectivity index (χ1n) is 11.0. The van der Waals surface area contributed by atoms with Gasteiger partial charge in [0.25, 0.3) is 11.2 Å². The van der Waals surface area contributed by atoms with Crippen molar-refractivity contribution in [3.8, 4) is 5.75 Å². The van der Waals surface area contributed by atoms with E-state index in [1.807, 2.05) is 19.1 Å². The van der Waals surface area contributed by atoms with Crippen LogP contribution in [0.3, 0.4) is 0 Å². The Hall–Kier alpha value is -4.05. The topological polar surface area (TPSA) is 113 Å². The summed E-state index contributed by atoms with van der Waals surface area (Å²) >= 11 is 1.16. The van der Waals surface area contributed by atoms with Crippen molar-refractivity contribution in [2.24, 2.45) is 4.99 Å². The molecule has 1 aliphatic rings. The van der Waals surface area contributed by atoms with Crippen LogP contribution in [0.1, 0.15) is 37.9 Å². The molecule has 1 unspecified atom stereocenters. The molecule has 2 heterocycles. The highest BCUT2D eigenvalue weighted by Crippen LogP contribution is 2.31. The maximum atomic E-state index is 13.6. The second-order valence-electron chi connectivity index (χ2n) is 7.66. The summed E-state index contributed by atoms with van der Waals surface area (Å²) in [6, 6.07) is 12.5. The number of carbonyl (C=O) groups is 1. The van der Waals surface area contributed by atoms with Gasteiger partial charge in [-0.1, -0.05) is 35.6 Å². The lowest BCUT2D eigenvalue weighted by atomic mass is 9.96. The van der Waals surface area contributed by atoms with Crippen molar-refractivity contribution >= 4 is 29.1 Å². The number of hydrogen-bond donors (Lipinski definition) is 0. The molecule has 0 saturated heterocycles. The predicted molar refractivity (Wildman–Crippen MR) is 131 cm³/mol. The quantitative estimate of drug-likeness (QED) is 0.284. The van der Waals surface area contributed by atoms with Gasteiger partial charge in [0.15, 0.2) is 4.80 Å². The number of ether oxygens (including phenoxy) is 2. The summed E-state index contributed by atoms with van der Waals surface area (Å²) < 4.78 is 12.6. The van der Waals surface area contributed by atoms with Gasteiger partial charge in [-0.25, -0.2) is 9.79 Å². The smallest absolute Gasteiger partial charge is 0.338 e. The highest BCUT2D eigenvalue weighted by Gasteiger charge is 2.33. The second kappa shape index (κ2) is 10.1. The summed E-state index contributed by atoms with van der Waals surface area (Å²) in [5.74, 6) is 0.133. The van der Waals surface area contributed by atoms with Crippen molar-refractivity contribution < 1.29 is 19.2 Å². The monoisotopic (exact) mass is 493 g/mol. The van der Waals surface area contributed by atoms with Crippen LogP contribution in [-0.2, 0) is 9.53 Å². The Morgan fingerprint density at radius 3 is 2.60 bits per heavy atom. The summed E-state index contributed by atoms with van der Waals surface area (Å²) in [4.78, 5) is 42.1. The number of non-ortho nitro benzene ring substituents is 1. The number of nitro benzene ring substituents is 1. The Morgan fingerprint density at radius 1 is 1.20 bits per heavy atom. The number of rotatable bonds is 7. The number of allylic oxidation sites excluding steroid dienone is 1. The third kappa shape index (κ3) is 4.78. The van der Waals surface area contributed by atoms with Gasteiger partial charge in [-0.3, -0.25) is 19.5 Å². The van der Waals surface area contributed by atoms with E-state index in [4.69, 9.17) is 9.47 Å². The molecule has 0 radical (unpaired) electrons. The zero-order valence-electron chi connectivity index (χ0n) is 19.4. The summed E-state index contributed by atoms with van der Waals surface area (Å²) in [6.45, 7) is 6.01. The van der Waals surface area contributed by atoms with Gasteiger partial charge < -0.3 is 9.47 Å². The summed E-state index contributed by atoms with van der Waals surface area (Å²) in [5.41, 5.74) is 1.54. The fraction of sp³-hybridized carbons (Fsp3) is 0.240. The highest BCUT2D eigenvalue weighted by atomic mass is 32.1. The summed E-state index contributed by atoms with van der Waals surface area (Å²) in [5, 5.41) is 11.1. The average Bonchev–Trinajstić information content (AvgIpc) is 3.13. The molecule has 10 heteroatoms. The first kappa shape index (κ1) is 24.1. The van der Waals surface area contributed by atoms with Crippen LogP contribution in [0.2, 0.25) is 0 Å². The largest absolute Gasteiger partial charge is 0.494 e. The Kier molecular flexibility index (Phi) is 6.92. The minimum atomic E-state index is -0.742. The molecule has 4 rings (SSSR count). The SMILES string of the molecule is CCOC(=O)C1=C(C)N=c2s/c(=C\c3cccc([N+](=O)[O-])c3)c(=O)n2C1c1ccc(OCC)cc1. The van der Waals surface area contributed by atoms with Gasteiger partial charge in [0.05, 0.1) is 40.0 Å². The van der Waals surface area contributed by atoms with E-state index in [1.165, 1.54) is 16.7 Å². The lowest BCUT2D eigenvalue weighted by Gasteiger charge is -2.24. The van der Waals surface area contributed by atoms with Crippen molar-refractivity contribution in [2.45, 2.75) is 26.8 Å². The van der Waals surface area contributed by atoms with E-state index >= 15 is 0 Å². The normalized spacial score (nSPS) is 15.4. The van der Waals surface area contributed by atoms with Gasteiger partial charge in [0, 0.05) is 12.1 Å². The molecule has 0 aliphatic carbocycles. The minimum absolute atomic E-state index is 0.0702. The maximum Gasteiger partial charge on any atom is 0.338 e. The van der Waals surface area contributed by atoms with Gasteiger partial charge in [0.1, 0.15) is 5.75 Å². The molecule has 0 spiro atoms. The van der Waals surface area contributed by atoms with E-state index in [0.29, 0.717) is 38.5 Å². The first-order chi connectivity index (χ1) is 16.8. The van der Waals surface area contributed by atoms with Crippen LogP contribution in [0.25, 0.3) is 6.08 Å². The third-order valence-corrected chi connectivity index (χ3v) is 6.39. The van der Waals surface area contributed by atoms with E-state index in [0.717, 1.165) is 11.3 Å². The van der Waals surface area contributed by atoms with Crippen LogP contribution < -0.4 is 19.6 Å². The zero-order valence-corrected chi connectivity index (χ0v) is 20.2. The van der Waals surface area contributed by atoms with Crippen LogP contribution in [0.15, 0.2) is 69.6 Å².